The van der Waals surface area contributed by atoms with Gasteiger partial charge in [0.25, 0.3) is 0 Å². The average molecular weight is 356 g/mol. The van der Waals surface area contributed by atoms with Crippen molar-refractivity contribution in [3.05, 3.63) is 40.0 Å². The number of carbonyl (C=O) groups is 1. The van der Waals surface area contributed by atoms with Gasteiger partial charge in [-0.25, -0.2) is 14.8 Å². The van der Waals surface area contributed by atoms with Gasteiger partial charge in [-0.2, -0.15) is 0 Å². The van der Waals surface area contributed by atoms with E-state index in [4.69, 9.17) is 4.52 Å². The van der Waals surface area contributed by atoms with E-state index in [1.165, 1.54) is 6.33 Å². The highest BCUT2D eigenvalue weighted by atomic mass is 16.5. The first-order valence-corrected chi connectivity index (χ1v) is 8.64. The number of likely N-dealkylation sites (tertiary alicyclic amines) is 1. The van der Waals surface area contributed by atoms with Gasteiger partial charge in [-0.15, -0.1) is 0 Å². The number of aromatic nitrogens is 5. The molecule has 0 radical (unpaired) electrons. The first-order valence-electron chi connectivity index (χ1n) is 8.64. The summed E-state index contributed by atoms with van der Waals surface area (Å²) >= 11 is 0. The topological polar surface area (TPSA) is 110 Å². The molecule has 1 saturated heterocycles. The van der Waals surface area contributed by atoms with Crippen LogP contribution in [0.3, 0.4) is 0 Å². The van der Waals surface area contributed by atoms with Gasteiger partial charge in [-0.3, -0.25) is 9.36 Å². The minimum Gasteiger partial charge on any atom is -0.361 e. The van der Waals surface area contributed by atoms with Crippen LogP contribution in [0.1, 0.15) is 35.9 Å². The van der Waals surface area contributed by atoms with Crippen molar-refractivity contribution in [3.8, 4) is 0 Å². The Morgan fingerprint density at radius 2 is 2.12 bits per heavy atom. The van der Waals surface area contributed by atoms with Gasteiger partial charge in [0.1, 0.15) is 17.6 Å². The number of carbonyl (C=O) groups excluding carboxylic acids is 1. The van der Waals surface area contributed by atoms with E-state index in [2.05, 4.69) is 20.1 Å². The Kier molecular flexibility index (Phi) is 4.06. The van der Waals surface area contributed by atoms with Crippen molar-refractivity contribution in [2.45, 2.75) is 39.2 Å². The van der Waals surface area contributed by atoms with Crippen LogP contribution in [0.4, 0.5) is 0 Å². The molecule has 9 nitrogen and oxygen atoms in total. The minimum absolute atomic E-state index is 0.0225. The molecule has 4 rings (SSSR count). The molecule has 0 bridgehead atoms. The number of aryl methyl sites for hydroxylation is 2. The Hall–Kier alpha value is -2.97. The fourth-order valence-corrected chi connectivity index (χ4v) is 3.60. The quantitative estimate of drug-likeness (QED) is 0.753. The third kappa shape index (κ3) is 2.79. The summed E-state index contributed by atoms with van der Waals surface area (Å²) in [6.45, 7) is 4.88. The third-order valence-corrected chi connectivity index (χ3v) is 5.07. The predicted octanol–water partition coefficient (Wildman–Crippen LogP) is 1.13. The van der Waals surface area contributed by atoms with E-state index in [1.54, 1.807) is 10.8 Å². The second-order valence-electron chi connectivity index (χ2n) is 6.65. The molecule has 0 unspecified atom stereocenters. The van der Waals surface area contributed by atoms with Crippen LogP contribution in [-0.2, 0) is 11.2 Å². The number of amides is 1. The molecule has 9 heteroatoms. The van der Waals surface area contributed by atoms with Crippen LogP contribution in [0.15, 0.2) is 21.8 Å². The fraction of sp³-hybridized carbons (Fsp3) is 0.471. The molecule has 4 heterocycles. The lowest BCUT2D eigenvalue weighted by Gasteiger charge is -2.32. The van der Waals surface area contributed by atoms with Crippen molar-refractivity contribution in [1.82, 2.24) is 29.6 Å². The van der Waals surface area contributed by atoms with Crippen molar-refractivity contribution in [2.75, 3.05) is 13.1 Å². The average Bonchev–Trinajstić information content (AvgIpc) is 3.14. The van der Waals surface area contributed by atoms with Crippen molar-refractivity contribution in [2.24, 2.45) is 0 Å². The Morgan fingerprint density at radius 1 is 1.35 bits per heavy atom. The van der Waals surface area contributed by atoms with Crippen LogP contribution < -0.4 is 5.69 Å². The molecule has 0 saturated carbocycles. The summed E-state index contributed by atoms with van der Waals surface area (Å²) in [5, 5.41) is 3.90. The summed E-state index contributed by atoms with van der Waals surface area (Å²) in [6, 6.07) is 0.0225. The molecule has 1 N–H and O–H groups in total. The lowest BCUT2D eigenvalue weighted by atomic mass is 10.0. The summed E-state index contributed by atoms with van der Waals surface area (Å²) in [5.41, 5.74) is 2.69. The molecule has 3 aromatic rings. The lowest BCUT2D eigenvalue weighted by Crippen LogP contribution is -2.41. The van der Waals surface area contributed by atoms with Crippen LogP contribution in [0, 0.1) is 13.8 Å². The highest BCUT2D eigenvalue weighted by molar-refractivity contribution is 5.79. The molecule has 0 aromatic carbocycles. The van der Waals surface area contributed by atoms with E-state index in [-0.39, 0.29) is 17.6 Å². The van der Waals surface area contributed by atoms with E-state index in [9.17, 15) is 9.59 Å². The van der Waals surface area contributed by atoms with Gasteiger partial charge in [0.2, 0.25) is 5.91 Å². The van der Waals surface area contributed by atoms with Crippen LogP contribution >= 0.6 is 0 Å². The Labute approximate surface area is 149 Å². The molecule has 0 aliphatic carbocycles. The van der Waals surface area contributed by atoms with Gasteiger partial charge in [-0.05, 0) is 26.7 Å². The van der Waals surface area contributed by atoms with Gasteiger partial charge in [0.05, 0.1) is 18.3 Å². The van der Waals surface area contributed by atoms with Crippen molar-refractivity contribution in [1.29, 1.82) is 0 Å². The summed E-state index contributed by atoms with van der Waals surface area (Å²) in [6.07, 6.45) is 4.76. The number of aromatic amines is 1. The molecule has 3 aromatic heterocycles. The minimum atomic E-state index is -0.180. The largest absolute Gasteiger partial charge is 0.361 e. The Balaban J connectivity index is 1.46. The van der Waals surface area contributed by atoms with Crippen LogP contribution in [-0.4, -0.2) is 48.6 Å². The number of fused-ring (bicyclic) bond motifs is 1. The number of hydrogen-bond acceptors (Lipinski definition) is 6. The zero-order chi connectivity index (χ0) is 18.3. The maximum Gasteiger partial charge on any atom is 0.327 e. The van der Waals surface area contributed by atoms with Crippen molar-refractivity contribution < 1.29 is 9.32 Å². The highest BCUT2D eigenvalue weighted by Gasteiger charge is 2.27. The van der Waals surface area contributed by atoms with E-state index < -0.39 is 0 Å². The standard InChI is InChI=1S/C17H20N6O3/c1-10-13(11(2)26-21-10)7-15(24)22-5-3-12(4-6-22)23-16-14(20-17(23)25)8-18-9-19-16/h8-9,12H,3-7H2,1-2H3,(H,20,25). The number of hydrogen-bond donors (Lipinski definition) is 1. The number of nitrogens with zero attached hydrogens (tertiary/aromatic N) is 5. The fourth-order valence-electron chi connectivity index (χ4n) is 3.60. The van der Waals surface area contributed by atoms with Gasteiger partial charge in [-0.1, -0.05) is 5.16 Å². The molecule has 26 heavy (non-hydrogen) atoms. The molecule has 1 fully saturated rings. The normalized spacial score (nSPS) is 15.7. The number of nitrogens with one attached hydrogen (secondary N) is 1. The maximum atomic E-state index is 12.6. The van der Waals surface area contributed by atoms with E-state index in [0.717, 1.165) is 11.3 Å². The van der Waals surface area contributed by atoms with Gasteiger partial charge < -0.3 is 14.4 Å². The van der Waals surface area contributed by atoms with E-state index in [1.807, 2.05) is 18.7 Å². The maximum absolute atomic E-state index is 12.6. The SMILES string of the molecule is Cc1noc(C)c1CC(=O)N1CCC(n2c(=O)[nH]c3cncnc32)CC1. The van der Waals surface area contributed by atoms with Crippen LogP contribution in [0.5, 0.6) is 0 Å². The first-order chi connectivity index (χ1) is 12.5. The Bertz CT molecular complexity index is 990. The summed E-state index contributed by atoms with van der Waals surface area (Å²) in [5.74, 6) is 0.752. The lowest BCUT2D eigenvalue weighted by molar-refractivity contribution is -0.131. The molecule has 1 aliphatic heterocycles. The van der Waals surface area contributed by atoms with E-state index >= 15 is 0 Å². The monoisotopic (exact) mass is 356 g/mol. The second-order valence-corrected chi connectivity index (χ2v) is 6.65. The summed E-state index contributed by atoms with van der Waals surface area (Å²) in [7, 11) is 0. The van der Waals surface area contributed by atoms with Gasteiger partial charge >= 0.3 is 5.69 Å². The summed E-state index contributed by atoms with van der Waals surface area (Å²) in [4.78, 5) is 37.7. The third-order valence-electron chi connectivity index (χ3n) is 5.07. The first kappa shape index (κ1) is 16.5. The molecule has 136 valence electrons. The van der Waals surface area contributed by atoms with Gasteiger partial charge in [0.15, 0.2) is 5.65 Å². The molecule has 0 spiro atoms. The number of rotatable bonds is 3. The highest BCUT2D eigenvalue weighted by Crippen LogP contribution is 2.24. The zero-order valence-corrected chi connectivity index (χ0v) is 14.7. The van der Waals surface area contributed by atoms with Crippen molar-refractivity contribution in [3.63, 3.8) is 0 Å². The molecule has 0 atom stereocenters. The number of piperidine rings is 1. The number of H-pyrrole nitrogens is 1. The van der Waals surface area contributed by atoms with Crippen LogP contribution in [0.2, 0.25) is 0 Å². The molecule has 1 aliphatic rings. The number of imidazole rings is 1. The predicted molar refractivity (Wildman–Crippen MR) is 92.7 cm³/mol. The second kappa shape index (κ2) is 6.40. The zero-order valence-electron chi connectivity index (χ0n) is 14.7. The molecule has 1 amide bonds. The van der Waals surface area contributed by atoms with Crippen LogP contribution in [0.25, 0.3) is 11.2 Å². The van der Waals surface area contributed by atoms with Crippen molar-refractivity contribution >= 4 is 17.1 Å². The molecular formula is C17H20N6O3. The smallest absolute Gasteiger partial charge is 0.327 e. The Morgan fingerprint density at radius 3 is 2.81 bits per heavy atom. The van der Waals surface area contributed by atoms with Gasteiger partial charge in [0, 0.05) is 24.7 Å². The summed E-state index contributed by atoms with van der Waals surface area (Å²) < 4.78 is 6.82. The van der Waals surface area contributed by atoms with E-state index in [0.29, 0.717) is 49.3 Å². The molecular weight excluding hydrogens is 336 g/mol.